The minimum absolute atomic E-state index is 0.151. The van der Waals surface area contributed by atoms with Crippen LogP contribution in [0.2, 0.25) is 0 Å². The number of piperidine rings is 1. The summed E-state index contributed by atoms with van der Waals surface area (Å²) in [4.78, 5) is 23.6. The largest absolute Gasteiger partial charge is 0.381 e. The fourth-order valence-corrected chi connectivity index (χ4v) is 3.45. The van der Waals surface area contributed by atoms with Crippen molar-refractivity contribution in [2.24, 2.45) is 11.1 Å². The van der Waals surface area contributed by atoms with E-state index in [0.717, 1.165) is 38.1 Å². The second kappa shape index (κ2) is 7.31. The Morgan fingerprint density at radius 3 is 3.04 bits per heavy atom. The molecule has 3 heterocycles. The number of carbonyl (C=O) groups excluding carboxylic acids is 2. The van der Waals surface area contributed by atoms with Crippen LogP contribution in [0.1, 0.15) is 36.6 Å². The SMILES string of the molecule is NC(=O)CNC(=O)[C@]1(Cc2cc([C@H]3CCOC3)no2)CCCNC1. The van der Waals surface area contributed by atoms with Crippen LogP contribution < -0.4 is 16.4 Å². The zero-order valence-corrected chi connectivity index (χ0v) is 13.7. The van der Waals surface area contributed by atoms with E-state index in [0.29, 0.717) is 25.3 Å². The molecule has 1 aromatic rings. The van der Waals surface area contributed by atoms with Crippen LogP contribution in [0.25, 0.3) is 0 Å². The second-order valence-corrected chi connectivity index (χ2v) is 6.67. The highest BCUT2D eigenvalue weighted by Crippen LogP contribution is 2.33. The predicted octanol–water partition coefficient (Wildman–Crippen LogP) is -0.308. The number of aromatic nitrogens is 1. The first-order valence-corrected chi connectivity index (χ1v) is 8.40. The average molecular weight is 336 g/mol. The zero-order chi connectivity index (χ0) is 17.0. The van der Waals surface area contributed by atoms with Gasteiger partial charge in [-0.15, -0.1) is 0 Å². The molecule has 8 nitrogen and oxygen atoms in total. The summed E-state index contributed by atoms with van der Waals surface area (Å²) in [5, 5.41) is 10.1. The summed E-state index contributed by atoms with van der Waals surface area (Å²) < 4.78 is 10.9. The van der Waals surface area contributed by atoms with Gasteiger partial charge >= 0.3 is 0 Å². The highest BCUT2D eigenvalue weighted by Gasteiger charge is 2.41. The number of hydrogen-bond donors (Lipinski definition) is 3. The number of ether oxygens (including phenoxy) is 1. The van der Waals surface area contributed by atoms with Gasteiger partial charge in [-0.1, -0.05) is 5.16 Å². The van der Waals surface area contributed by atoms with E-state index in [4.69, 9.17) is 15.0 Å². The third-order valence-electron chi connectivity index (χ3n) is 4.81. The lowest BCUT2D eigenvalue weighted by Crippen LogP contribution is -2.53. The van der Waals surface area contributed by atoms with E-state index in [1.807, 2.05) is 6.07 Å². The summed E-state index contributed by atoms with van der Waals surface area (Å²) in [6, 6.07) is 1.93. The number of hydrogen-bond acceptors (Lipinski definition) is 6. The van der Waals surface area contributed by atoms with Crippen molar-refractivity contribution in [3.05, 3.63) is 17.5 Å². The fourth-order valence-electron chi connectivity index (χ4n) is 3.45. The molecule has 2 aliphatic rings. The zero-order valence-electron chi connectivity index (χ0n) is 13.7. The lowest BCUT2D eigenvalue weighted by Gasteiger charge is -2.35. The Morgan fingerprint density at radius 1 is 1.50 bits per heavy atom. The summed E-state index contributed by atoms with van der Waals surface area (Å²) in [5.41, 5.74) is 5.38. The lowest BCUT2D eigenvalue weighted by atomic mass is 9.76. The minimum Gasteiger partial charge on any atom is -0.381 e. The first-order chi connectivity index (χ1) is 11.6. The van der Waals surface area contributed by atoms with Crippen LogP contribution in [0.15, 0.2) is 10.6 Å². The van der Waals surface area contributed by atoms with Gasteiger partial charge in [0.05, 0.1) is 24.3 Å². The van der Waals surface area contributed by atoms with Crippen LogP contribution in [-0.2, 0) is 20.7 Å². The van der Waals surface area contributed by atoms with Crippen molar-refractivity contribution in [1.82, 2.24) is 15.8 Å². The Bertz CT molecular complexity index is 589. The number of nitrogens with two attached hydrogens (primary N) is 1. The third-order valence-corrected chi connectivity index (χ3v) is 4.81. The molecule has 24 heavy (non-hydrogen) atoms. The summed E-state index contributed by atoms with van der Waals surface area (Å²) >= 11 is 0. The molecule has 4 N–H and O–H groups in total. The van der Waals surface area contributed by atoms with E-state index >= 15 is 0 Å². The van der Waals surface area contributed by atoms with E-state index in [-0.39, 0.29) is 18.4 Å². The monoisotopic (exact) mass is 336 g/mol. The highest BCUT2D eigenvalue weighted by atomic mass is 16.5. The lowest BCUT2D eigenvalue weighted by molar-refractivity contribution is -0.134. The van der Waals surface area contributed by atoms with Gasteiger partial charge in [-0.3, -0.25) is 9.59 Å². The van der Waals surface area contributed by atoms with Crippen molar-refractivity contribution < 1.29 is 18.8 Å². The highest BCUT2D eigenvalue weighted by molar-refractivity contribution is 5.87. The quantitative estimate of drug-likeness (QED) is 0.656. The Morgan fingerprint density at radius 2 is 2.38 bits per heavy atom. The standard InChI is InChI=1S/C16H24N4O4/c17-14(21)8-19-15(22)16(3-1-4-18-10-16)7-12-6-13(20-24-12)11-2-5-23-9-11/h6,11,18H,1-5,7-10H2,(H2,17,21)(H,19,22)/t11-,16-/m0/s1. The summed E-state index contributed by atoms with van der Waals surface area (Å²) in [7, 11) is 0. The van der Waals surface area contributed by atoms with Gasteiger partial charge in [0.1, 0.15) is 5.76 Å². The van der Waals surface area contributed by atoms with E-state index in [1.54, 1.807) is 0 Å². The third kappa shape index (κ3) is 3.76. The van der Waals surface area contributed by atoms with Crippen LogP contribution in [-0.4, -0.2) is 49.8 Å². The van der Waals surface area contributed by atoms with Crippen molar-refractivity contribution in [2.45, 2.75) is 31.6 Å². The fraction of sp³-hybridized carbons (Fsp3) is 0.688. The first-order valence-electron chi connectivity index (χ1n) is 8.40. The van der Waals surface area contributed by atoms with Crippen LogP contribution in [0.4, 0.5) is 0 Å². The van der Waals surface area contributed by atoms with Crippen molar-refractivity contribution in [3.8, 4) is 0 Å². The van der Waals surface area contributed by atoms with Crippen LogP contribution >= 0.6 is 0 Å². The summed E-state index contributed by atoms with van der Waals surface area (Å²) in [6.07, 6.45) is 3.01. The molecule has 0 aromatic carbocycles. The molecule has 2 aliphatic heterocycles. The van der Waals surface area contributed by atoms with E-state index in [2.05, 4.69) is 15.8 Å². The van der Waals surface area contributed by atoms with Crippen molar-refractivity contribution in [1.29, 1.82) is 0 Å². The number of carbonyl (C=O) groups is 2. The first kappa shape index (κ1) is 16.9. The maximum atomic E-state index is 12.7. The molecular weight excluding hydrogens is 312 g/mol. The average Bonchev–Trinajstić information content (AvgIpc) is 3.24. The molecule has 0 aliphatic carbocycles. The van der Waals surface area contributed by atoms with Gasteiger partial charge in [0, 0.05) is 31.6 Å². The number of amides is 2. The molecule has 2 fully saturated rings. The molecule has 8 heteroatoms. The molecule has 1 aromatic heterocycles. The Kier molecular flexibility index (Phi) is 5.15. The van der Waals surface area contributed by atoms with Gasteiger partial charge in [0.15, 0.2) is 0 Å². The maximum Gasteiger partial charge on any atom is 0.236 e. The molecule has 0 unspecified atom stereocenters. The van der Waals surface area contributed by atoms with Crippen LogP contribution in [0, 0.1) is 5.41 Å². The normalized spacial score (nSPS) is 27.1. The molecule has 0 spiro atoms. The molecule has 2 amide bonds. The number of nitrogens with zero attached hydrogens (tertiary/aromatic N) is 1. The molecule has 0 bridgehead atoms. The predicted molar refractivity (Wildman–Crippen MR) is 85.1 cm³/mol. The number of primary amides is 1. The molecule has 3 rings (SSSR count). The van der Waals surface area contributed by atoms with E-state index < -0.39 is 11.3 Å². The van der Waals surface area contributed by atoms with E-state index in [9.17, 15) is 9.59 Å². The van der Waals surface area contributed by atoms with E-state index in [1.165, 1.54) is 0 Å². The topological polar surface area (TPSA) is 119 Å². The Balaban J connectivity index is 1.71. The molecule has 132 valence electrons. The smallest absolute Gasteiger partial charge is 0.236 e. The van der Waals surface area contributed by atoms with Gasteiger partial charge in [-0.25, -0.2) is 0 Å². The maximum absolute atomic E-state index is 12.7. The van der Waals surface area contributed by atoms with Gasteiger partial charge in [0.2, 0.25) is 11.8 Å². The number of rotatable bonds is 6. The van der Waals surface area contributed by atoms with Gasteiger partial charge in [-0.2, -0.15) is 0 Å². The molecule has 0 saturated carbocycles. The van der Waals surface area contributed by atoms with Gasteiger partial charge in [-0.05, 0) is 25.8 Å². The van der Waals surface area contributed by atoms with Crippen LogP contribution in [0.3, 0.4) is 0 Å². The second-order valence-electron chi connectivity index (χ2n) is 6.67. The van der Waals surface area contributed by atoms with Crippen molar-refractivity contribution in [2.75, 3.05) is 32.8 Å². The van der Waals surface area contributed by atoms with Gasteiger partial charge < -0.3 is 25.6 Å². The summed E-state index contributed by atoms with van der Waals surface area (Å²) in [5.74, 6) is 0.238. The van der Waals surface area contributed by atoms with Crippen molar-refractivity contribution in [3.63, 3.8) is 0 Å². The Hall–Kier alpha value is -1.93. The van der Waals surface area contributed by atoms with Crippen LogP contribution in [0.5, 0.6) is 0 Å². The Labute approximate surface area is 140 Å². The molecular formula is C16H24N4O4. The minimum atomic E-state index is -0.642. The molecule has 2 atom stereocenters. The molecule has 0 radical (unpaired) electrons. The number of nitrogens with one attached hydrogen (secondary N) is 2. The summed E-state index contributed by atoms with van der Waals surface area (Å²) in [6.45, 7) is 2.68. The van der Waals surface area contributed by atoms with Gasteiger partial charge in [0.25, 0.3) is 0 Å². The van der Waals surface area contributed by atoms with Crippen molar-refractivity contribution >= 4 is 11.8 Å². The molecule has 2 saturated heterocycles.